The predicted octanol–water partition coefficient (Wildman–Crippen LogP) is 3.51. The number of carbonyl (C=O) groups excluding carboxylic acids is 2. The molecule has 1 unspecified atom stereocenters. The number of halogens is 1. The Kier molecular flexibility index (Phi) is 9.77. The minimum Gasteiger partial charge on any atom is -0.352 e. The molecule has 1 fully saturated rings. The second kappa shape index (κ2) is 12.3. The van der Waals surface area contributed by atoms with Gasteiger partial charge in [0.1, 0.15) is 0 Å². The fraction of sp³-hybridized carbons (Fsp3) is 0.348. The van der Waals surface area contributed by atoms with Crippen LogP contribution in [0.2, 0.25) is 0 Å². The van der Waals surface area contributed by atoms with Crippen molar-refractivity contribution in [2.75, 3.05) is 23.8 Å². The van der Waals surface area contributed by atoms with Crippen molar-refractivity contribution < 1.29 is 9.59 Å². The average Bonchev–Trinajstić information content (AvgIpc) is 3.13. The molecule has 7 nitrogen and oxygen atoms in total. The van der Waals surface area contributed by atoms with E-state index in [1.54, 1.807) is 11.9 Å². The van der Waals surface area contributed by atoms with Crippen LogP contribution in [0.3, 0.4) is 0 Å². The largest absolute Gasteiger partial charge is 0.352 e. The van der Waals surface area contributed by atoms with Crippen molar-refractivity contribution in [3.8, 4) is 0 Å². The summed E-state index contributed by atoms with van der Waals surface area (Å²) in [6, 6.07) is 17.4. The number of rotatable bonds is 7. The molecule has 2 amide bonds. The molecule has 166 valence electrons. The van der Waals surface area contributed by atoms with Gasteiger partial charge in [-0.05, 0) is 36.2 Å². The molecule has 1 saturated heterocycles. The number of benzene rings is 2. The van der Waals surface area contributed by atoms with Crippen LogP contribution in [0.5, 0.6) is 0 Å². The van der Waals surface area contributed by atoms with Crippen molar-refractivity contribution in [3.05, 3.63) is 60.2 Å². The normalized spacial score (nSPS) is 15.9. The smallest absolute Gasteiger partial charge is 0.229 e. The van der Waals surface area contributed by atoms with Gasteiger partial charge in [-0.1, -0.05) is 37.3 Å². The van der Waals surface area contributed by atoms with Crippen LogP contribution in [0.1, 0.15) is 31.7 Å². The van der Waals surface area contributed by atoms with E-state index >= 15 is 0 Å². The van der Waals surface area contributed by atoms with Crippen molar-refractivity contribution in [1.82, 2.24) is 10.6 Å². The molecule has 0 spiro atoms. The Bertz CT molecular complexity index is 887. The van der Waals surface area contributed by atoms with Crippen molar-refractivity contribution in [2.45, 2.75) is 38.8 Å². The van der Waals surface area contributed by atoms with Gasteiger partial charge in [-0.3, -0.25) is 14.6 Å². The van der Waals surface area contributed by atoms with E-state index in [-0.39, 0.29) is 41.8 Å². The number of para-hydroxylation sites is 1. The highest BCUT2D eigenvalue weighted by Crippen LogP contribution is 2.21. The van der Waals surface area contributed by atoms with Crippen molar-refractivity contribution in [2.24, 2.45) is 4.99 Å². The molecule has 0 aliphatic carbocycles. The van der Waals surface area contributed by atoms with Crippen LogP contribution in [0.4, 0.5) is 11.4 Å². The van der Waals surface area contributed by atoms with Gasteiger partial charge in [0, 0.05) is 44.4 Å². The molecule has 2 aromatic rings. The van der Waals surface area contributed by atoms with Gasteiger partial charge in [0.15, 0.2) is 5.96 Å². The molecule has 8 heteroatoms. The number of aliphatic imine (C=N–C) groups is 1. The summed E-state index contributed by atoms with van der Waals surface area (Å²) >= 11 is 0. The highest BCUT2D eigenvalue weighted by molar-refractivity contribution is 14.0. The standard InChI is InChI=1S/C23H29N5O2.HI/c1-3-7-21(29)26-18-12-10-17(11-13-18)15-25-23(24-2)27-19-14-22(30)28(16-19)20-8-5-4-6-9-20;/h4-6,8-13,19H,3,7,14-16H2,1-2H3,(H,26,29)(H2,24,25,27);1H. The third-order valence-corrected chi connectivity index (χ3v) is 4.93. The van der Waals surface area contributed by atoms with Gasteiger partial charge in [0.25, 0.3) is 0 Å². The molecule has 0 radical (unpaired) electrons. The van der Waals surface area contributed by atoms with Gasteiger partial charge in [-0.2, -0.15) is 0 Å². The van der Waals surface area contributed by atoms with Gasteiger partial charge in [0.2, 0.25) is 11.8 Å². The summed E-state index contributed by atoms with van der Waals surface area (Å²) in [6.07, 6.45) is 1.79. The molecule has 1 heterocycles. The molecular formula is C23H30IN5O2. The van der Waals surface area contributed by atoms with E-state index in [1.807, 2.05) is 61.5 Å². The molecule has 3 N–H and O–H groups in total. The summed E-state index contributed by atoms with van der Waals surface area (Å²) in [7, 11) is 1.72. The fourth-order valence-electron chi connectivity index (χ4n) is 3.39. The molecule has 0 saturated carbocycles. The van der Waals surface area contributed by atoms with Crippen LogP contribution in [0.25, 0.3) is 0 Å². The lowest BCUT2D eigenvalue weighted by Crippen LogP contribution is -2.44. The Balaban J connectivity index is 0.00000341. The third-order valence-electron chi connectivity index (χ3n) is 4.93. The molecule has 1 aliphatic heterocycles. The highest BCUT2D eigenvalue weighted by Gasteiger charge is 2.30. The Morgan fingerprint density at radius 3 is 2.48 bits per heavy atom. The monoisotopic (exact) mass is 535 g/mol. The summed E-state index contributed by atoms with van der Waals surface area (Å²) in [5, 5.41) is 9.51. The first-order chi connectivity index (χ1) is 14.6. The first-order valence-corrected chi connectivity index (χ1v) is 10.3. The maximum atomic E-state index is 12.4. The zero-order valence-corrected chi connectivity index (χ0v) is 20.3. The summed E-state index contributed by atoms with van der Waals surface area (Å²) in [5.41, 5.74) is 2.78. The predicted molar refractivity (Wildman–Crippen MR) is 136 cm³/mol. The summed E-state index contributed by atoms with van der Waals surface area (Å²) in [6.45, 7) is 3.18. The SMILES string of the molecule is CCCC(=O)Nc1ccc(CNC(=NC)NC2CC(=O)N(c3ccccc3)C2)cc1.I. The average molecular weight is 535 g/mol. The topological polar surface area (TPSA) is 85.8 Å². The second-order valence-electron chi connectivity index (χ2n) is 7.31. The van der Waals surface area contributed by atoms with Gasteiger partial charge in [-0.25, -0.2) is 0 Å². The van der Waals surface area contributed by atoms with Crippen LogP contribution in [0.15, 0.2) is 59.6 Å². The summed E-state index contributed by atoms with van der Waals surface area (Å²) in [4.78, 5) is 30.1. The van der Waals surface area contributed by atoms with Crippen LogP contribution in [-0.4, -0.2) is 37.4 Å². The van der Waals surface area contributed by atoms with Gasteiger partial charge in [0.05, 0.1) is 6.04 Å². The van der Waals surface area contributed by atoms with E-state index in [2.05, 4.69) is 20.9 Å². The molecule has 31 heavy (non-hydrogen) atoms. The van der Waals surface area contributed by atoms with E-state index in [4.69, 9.17) is 0 Å². The first-order valence-electron chi connectivity index (χ1n) is 10.3. The maximum absolute atomic E-state index is 12.4. The number of carbonyl (C=O) groups is 2. The molecule has 1 aliphatic rings. The number of hydrogen-bond acceptors (Lipinski definition) is 3. The molecule has 0 bridgehead atoms. The van der Waals surface area contributed by atoms with E-state index in [0.29, 0.717) is 31.9 Å². The van der Waals surface area contributed by atoms with Gasteiger partial charge in [-0.15, -0.1) is 24.0 Å². The number of hydrogen-bond donors (Lipinski definition) is 3. The number of guanidine groups is 1. The molecule has 2 aromatic carbocycles. The van der Waals surface area contributed by atoms with Crippen molar-refractivity contribution >= 4 is 53.1 Å². The number of amides is 2. The first kappa shape index (κ1) is 24.6. The number of nitrogens with zero attached hydrogens (tertiary/aromatic N) is 2. The number of nitrogens with one attached hydrogen (secondary N) is 3. The van der Waals surface area contributed by atoms with Crippen LogP contribution in [-0.2, 0) is 16.1 Å². The minimum absolute atomic E-state index is 0. The third kappa shape index (κ3) is 7.23. The Morgan fingerprint density at radius 1 is 1.13 bits per heavy atom. The van der Waals surface area contributed by atoms with Crippen LogP contribution in [0, 0.1) is 0 Å². The van der Waals surface area contributed by atoms with E-state index in [9.17, 15) is 9.59 Å². The van der Waals surface area contributed by atoms with Gasteiger partial charge >= 0.3 is 0 Å². The van der Waals surface area contributed by atoms with E-state index in [1.165, 1.54) is 0 Å². The van der Waals surface area contributed by atoms with Gasteiger partial charge < -0.3 is 20.9 Å². The molecule has 1 atom stereocenters. The van der Waals surface area contributed by atoms with Crippen LogP contribution < -0.4 is 20.9 Å². The lowest BCUT2D eigenvalue weighted by Gasteiger charge is -2.19. The lowest BCUT2D eigenvalue weighted by molar-refractivity contribution is -0.117. The lowest BCUT2D eigenvalue weighted by atomic mass is 10.2. The highest BCUT2D eigenvalue weighted by atomic mass is 127. The molecular weight excluding hydrogens is 505 g/mol. The maximum Gasteiger partial charge on any atom is 0.229 e. The Morgan fingerprint density at radius 2 is 1.84 bits per heavy atom. The van der Waals surface area contributed by atoms with Crippen molar-refractivity contribution in [1.29, 1.82) is 0 Å². The quantitative estimate of drug-likeness (QED) is 0.288. The van der Waals surface area contributed by atoms with Crippen molar-refractivity contribution in [3.63, 3.8) is 0 Å². The number of anilines is 2. The minimum atomic E-state index is 0. The summed E-state index contributed by atoms with van der Waals surface area (Å²) < 4.78 is 0. The Hall–Kier alpha value is -2.62. The zero-order valence-electron chi connectivity index (χ0n) is 17.9. The summed E-state index contributed by atoms with van der Waals surface area (Å²) in [5.74, 6) is 0.793. The van der Waals surface area contributed by atoms with Crippen LogP contribution >= 0.6 is 24.0 Å². The van der Waals surface area contributed by atoms with E-state index < -0.39 is 0 Å². The zero-order chi connectivity index (χ0) is 21.3. The van der Waals surface area contributed by atoms with E-state index in [0.717, 1.165) is 23.4 Å². The molecule has 0 aromatic heterocycles. The fourth-order valence-corrected chi connectivity index (χ4v) is 3.39. The Labute approximate surface area is 200 Å². The molecule has 3 rings (SSSR count). The second-order valence-corrected chi connectivity index (χ2v) is 7.31.